The molecule has 1 atom stereocenters. The van der Waals surface area contributed by atoms with Gasteiger partial charge in [0.2, 0.25) is 5.91 Å². The molecule has 1 aliphatic heterocycles. The van der Waals surface area contributed by atoms with Gasteiger partial charge in [0.1, 0.15) is 5.41 Å². The molecule has 0 aromatic rings. The molecule has 108 valence electrons. The molecular weight excluding hydrogens is 244 g/mol. The van der Waals surface area contributed by atoms with Gasteiger partial charge < -0.3 is 15.8 Å². The second kappa shape index (κ2) is 5.36. The number of amidine groups is 1. The van der Waals surface area contributed by atoms with Crippen molar-refractivity contribution in [2.45, 2.75) is 38.6 Å². The van der Waals surface area contributed by atoms with E-state index >= 15 is 0 Å². The van der Waals surface area contributed by atoms with Gasteiger partial charge in [0, 0.05) is 25.7 Å². The molecule has 2 aliphatic rings. The minimum atomic E-state index is -0.733. The van der Waals surface area contributed by atoms with Gasteiger partial charge in [-0.05, 0) is 26.3 Å². The number of oxime groups is 1. The Bertz CT molecular complexity index is 379. The molecule has 3 N–H and O–H groups in total. The molecule has 0 radical (unpaired) electrons. The van der Waals surface area contributed by atoms with Crippen molar-refractivity contribution in [3.8, 4) is 0 Å². The first-order valence-electron chi connectivity index (χ1n) is 7.02. The van der Waals surface area contributed by atoms with Crippen LogP contribution in [-0.2, 0) is 4.79 Å². The number of carbonyl (C=O) groups is 1. The van der Waals surface area contributed by atoms with Crippen molar-refractivity contribution in [3.05, 3.63) is 0 Å². The van der Waals surface area contributed by atoms with E-state index in [4.69, 9.17) is 10.9 Å². The van der Waals surface area contributed by atoms with Gasteiger partial charge in [-0.15, -0.1) is 0 Å². The summed E-state index contributed by atoms with van der Waals surface area (Å²) in [6.45, 7) is 4.49. The van der Waals surface area contributed by atoms with E-state index in [9.17, 15) is 4.79 Å². The summed E-state index contributed by atoms with van der Waals surface area (Å²) in [6.07, 6.45) is 3.39. The highest BCUT2D eigenvalue weighted by Crippen LogP contribution is 2.43. The molecule has 2 rings (SSSR count). The van der Waals surface area contributed by atoms with E-state index in [0.29, 0.717) is 18.9 Å². The molecule has 2 fully saturated rings. The van der Waals surface area contributed by atoms with Crippen molar-refractivity contribution >= 4 is 11.7 Å². The third-order valence-electron chi connectivity index (χ3n) is 4.75. The normalized spacial score (nSPS) is 28.0. The van der Waals surface area contributed by atoms with Crippen molar-refractivity contribution < 1.29 is 10.0 Å². The third-order valence-corrected chi connectivity index (χ3v) is 4.75. The van der Waals surface area contributed by atoms with Crippen molar-refractivity contribution in [2.75, 3.05) is 26.7 Å². The summed E-state index contributed by atoms with van der Waals surface area (Å²) in [4.78, 5) is 16.9. The number of likely N-dealkylation sites (N-methyl/N-ethyl adjacent to an activating group) is 1. The van der Waals surface area contributed by atoms with E-state index in [2.05, 4.69) is 24.0 Å². The molecule has 6 heteroatoms. The second-order valence-electron chi connectivity index (χ2n) is 5.71. The Morgan fingerprint density at radius 3 is 2.63 bits per heavy atom. The maximum absolute atomic E-state index is 12.7. The Balaban J connectivity index is 2.11. The number of piperazine rings is 1. The standard InChI is InChI=1S/C13H24N4O2/c1-3-10-9-17(8-7-16(10)2)12(18)13(5-4-6-13)11(14)15-19/h10,19H,3-9H2,1-2H3,(H2,14,15). The van der Waals surface area contributed by atoms with Crippen molar-refractivity contribution in [1.29, 1.82) is 0 Å². The number of rotatable bonds is 3. The van der Waals surface area contributed by atoms with Crippen LogP contribution < -0.4 is 5.73 Å². The maximum atomic E-state index is 12.7. The van der Waals surface area contributed by atoms with Gasteiger partial charge >= 0.3 is 0 Å². The van der Waals surface area contributed by atoms with Crippen LogP contribution in [-0.4, -0.2) is 59.5 Å². The molecule has 1 aliphatic carbocycles. The quantitative estimate of drug-likeness (QED) is 0.337. The fourth-order valence-electron chi connectivity index (χ4n) is 3.08. The van der Waals surface area contributed by atoms with Gasteiger partial charge in [-0.2, -0.15) is 0 Å². The van der Waals surface area contributed by atoms with E-state index < -0.39 is 5.41 Å². The highest BCUT2D eigenvalue weighted by molar-refractivity contribution is 6.07. The lowest BCUT2D eigenvalue weighted by molar-refractivity contribution is -0.145. The number of amides is 1. The van der Waals surface area contributed by atoms with Crippen LogP contribution in [0.4, 0.5) is 0 Å². The first-order valence-corrected chi connectivity index (χ1v) is 7.02. The fraction of sp³-hybridized carbons (Fsp3) is 0.846. The summed E-state index contributed by atoms with van der Waals surface area (Å²) >= 11 is 0. The monoisotopic (exact) mass is 268 g/mol. The topological polar surface area (TPSA) is 82.2 Å². The van der Waals surface area contributed by atoms with Gasteiger partial charge in [0.05, 0.1) is 0 Å². The lowest BCUT2D eigenvalue weighted by Gasteiger charge is -2.46. The van der Waals surface area contributed by atoms with E-state index in [1.165, 1.54) is 0 Å². The van der Waals surface area contributed by atoms with Crippen LogP contribution in [0.3, 0.4) is 0 Å². The Kier molecular flexibility index (Phi) is 3.99. The van der Waals surface area contributed by atoms with Crippen molar-refractivity contribution in [1.82, 2.24) is 9.80 Å². The predicted octanol–water partition coefficient (Wildman–Crippen LogP) is 0.456. The number of nitrogens with two attached hydrogens (primary N) is 1. The molecule has 0 bridgehead atoms. The van der Waals surface area contributed by atoms with E-state index in [1.54, 1.807) is 0 Å². The van der Waals surface area contributed by atoms with Crippen LogP contribution >= 0.6 is 0 Å². The molecule has 6 nitrogen and oxygen atoms in total. The van der Waals surface area contributed by atoms with Crippen LogP contribution in [0.1, 0.15) is 32.6 Å². The summed E-state index contributed by atoms with van der Waals surface area (Å²) in [5, 5.41) is 12.0. The first kappa shape index (κ1) is 14.1. The average molecular weight is 268 g/mol. The van der Waals surface area contributed by atoms with Crippen LogP contribution in [0, 0.1) is 5.41 Å². The molecule has 0 spiro atoms. The SMILES string of the molecule is CCC1CN(C(=O)C2(C(N)=NO)CCC2)CCN1C. The summed E-state index contributed by atoms with van der Waals surface area (Å²) in [7, 11) is 2.10. The molecule has 1 saturated heterocycles. The minimum absolute atomic E-state index is 0.0422. The molecule has 19 heavy (non-hydrogen) atoms. The minimum Gasteiger partial charge on any atom is -0.409 e. The lowest BCUT2D eigenvalue weighted by atomic mass is 9.66. The van der Waals surface area contributed by atoms with Gasteiger partial charge in [0.15, 0.2) is 5.84 Å². The summed E-state index contributed by atoms with van der Waals surface area (Å²) in [5.74, 6) is 0.122. The van der Waals surface area contributed by atoms with E-state index in [0.717, 1.165) is 32.5 Å². The maximum Gasteiger partial charge on any atom is 0.236 e. The lowest BCUT2D eigenvalue weighted by Crippen LogP contribution is -2.60. The fourth-order valence-corrected chi connectivity index (χ4v) is 3.08. The van der Waals surface area contributed by atoms with Gasteiger partial charge in [0.25, 0.3) is 0 Å². The Labute approximate surface area is 114 Å². The third kappa shape index (κ3) is 2.29. The smallest absolute Gasteiger partial charge is 0.236 e. The number of nitrogens with zero attached hydrogens (tertiary/aromatic N) is 3. The summed E-state index contributed by atoms with van der Waals surface area (Å²) < 4.78 is 0. The molecule has 1 unspecified atom stereocenters. The summed E-state index contributed by atoms with van der Waals surface area (Å²) in [6, 6.07) is 0.405. The Hall–Kier alpha value is -1.30. The number of hydrogen-bond acceptors (Lipinski definition) is 4. The molecule has 0 aromatic carbocycles. The molecule has 1 saturated carbocycles. The van der Waals surface area contributed by atoms with Crippen LogP contribution in [0.25, 0.3) is 0 Å². The van der Waals surface area contributed by atoms with Gasteiger partial charge in [-0.25, -0.2) is 0 Å². The van der Waals surface area contributed by atoms with Crippen molar-refractivity contribution in [3.63, 3.8) is 0 Å². The van der Waals surface area contributed by atoms with Gasteiger partial charge in [-0.3, -0.25) is 9.69 Å². The Morgan fingerprint density at radius 2 is 2.16 bits per heavy atom. The zero-order chi connectivity index (χ0) is 14.0. The van der Waals surface area contributed by atoms with E-state index in [-0.39, 0.29) is 11.7 Å². The highest BCUT2D eigenvalue weighted by atomic mass is 16.4. The molecular formula is C13H24N4O2. The van der Waals surface area contributed by atoms with Gasteiger partial charge in [-0.1, -0.05) is 18.5 Å². The number of carbonyl (C=O) groups excluding carboxylic acids is 1. The molecule has 1 heterocycles. The van der Waals surface area contributed by atoms with Crippen LogP contribution in [0.2, 0.25) is 0 Å². The van der Waals surface area contributed by atoms with E-state index in [1.807, 2.05) is 4.90 Å². The number of hydrogen-bond donors (Lipinski definition) is 2. The highest BCUT2D eigenvalue weighted by Gasteiger charge is 2.50. The zero-order valence-corrected chi connectivity index (χ0v) is 11.8. The first-order chi connectivity index (χ1) is 9.05. The van der Waals surface area contributed by atoms with Crippen LogP contribution in [0.15, 0.2) is 5.16 Å². The second-order valence-corrected chi connectivity index (χ2v) is 5.71. The van der Waals surface area contributed by atoms with Crippen molar-refractivity contribution in [2.24, 2.45) is 16.3 Å². The predicted molar refractivity (Wildman–Crippen MR) is 73.0 cm³/mol. The zero-order valence-electron chi connectivity index (χ0n) is 11.8. The molecule has 1 amide bonds. The average Bonchev–Trinajstić information content (AvgIpc) is 2.37. The summed E-state index contributed by atoms with van der Waals surface area (Å²) in [5.41, 5.74) is 5.02. The molecule has 0 aromatic heterocycles. The Morgan fingerprint density at radius 1 is 1.47 bits per heavy atom. The largest absolute Gasteiger partial charge is 0.409 e. The van der Waals surface area contributed by atoms with Crippen LogP contribution in [0.5, 0.6) is 0 Å².